The molecule has 0 unspecified atom stereocenters. The van der Waals surface area contributed by atoms with E-state index in [1.54, 1.807) is 0 Å². The highest BCUT2D eigenvalue weighted by molar-refractivity contribution is 6.60. The second-order valence-electron chi connectivity index (χ2n) is 3.69. The fraction of sp³-hybridized carbons (Fsp3) is 1.00. The third-order valence-corrected chi connectivity index (χ3v) is 5.15. The standard InChI is InChI=1S/C10H22O3Si/c1-3-7-11-14(12-8-4-2)10-6-5-9-13-14/h3-10H2,1-2H3. The van der Waals surface area contributed by atoms with Gasteiger partial charge in [0.05, 0.1) is 0 Å². The summed E-state index contributed by atoms with van der Waals surface area (Å²) in [5.41, 5.74) is 0. The highest BCUT2D eigenvalue weighted by Gasteiger charge is 2.42. The van der Waals surface area contributed by atoms with Crippen LogP contribution in [0.15, 0.2) is 0 Å². The molecule has 0 aliphatic carbocycles. The van der Waals surface area contributed by atoms with E-state index in [1.807, 2.05) is 0 Å². The lowest BCUT2D eigenvalue weighted by Gasteiger charge is -2.32. The van der Waals surface area contributed by atoms with E-state index in [-0.39, 0.29) is 0 Å². The summed E-state index contributed by atoms with van der Waals surface area (Å²) in [4.78, 5) is 0. The molecule has 1 rings (SSSR count). The van der Waals surface area contributed by atoms with Crippen LogP contribution < -0.4 is 0 Å². The summed E-state index contributed by atoms with van der Waals surface area (Å²) in [6, 6.07) is 1.01. The van der Waals surface area contributed by atoms with Crippen molar-refractivity contribution in [3.05, 3.63) is 0 Å². The molecule has 1 heterocycles. The van der Waals surface area contributed by atoms with E-state index in [2.05, 4.69) is 13.8 Å². The molecule has 0 spiro atoms. The summed E-state index contributed by atoms with van der Waals surface area (Å²) in [7, 11) is -2.22. The zero-order valence-corrected chi connectivity index (χ0v) is 10.4. The Bertz CT molecular complexity index is 136. The monoisotopic (exact) mass is 218 g/mol. The molecule has 14 heavy (non-hydrogen) atoms. The van der Waals surface area contributed by atoms with Crippen LogP contribution in [-0.2, 0) is 13.3 Å². The molecule has 0 aromatic heterocycles. The molecule has 0 N–H and O–H groups in total. The van der Waals surface area contributed by atoms with Crippen LogP contribution >= 0.6 is 0 Å². The Morgan fingerprint density at radius 3 is 2.14 bits per heavy atom. The highest BCUT2D eigenvalue weighted by atomic mass is 28.4. The van der Waals surface area contributed by atoms with Crippen molar-refractivity contribution in [1.29, 1.82) is 0 Å². The maximum absolute atomic E-state index is 5.82. The van der Waals surface area contributed by atoms with E-state index < -0.39 is 8.80 Å². The van der Waals surface area contributed by atoms with Gasteiger partial charge in [0, 0.05) is 25.9 Å². The zero-order valence-electron chi connectivity index (χ0n) is 9.38. The zero-order chi connectivity index (χ0) is 10.3. The van der Waals surface area contributed by atoms with Crippen LogP contribution in [0.25, 0.3) is 0 Å². The Hall–Kier alpha value is 0.0969. The molecule has 1 aliphatic rings. The fourth-order valence-electron chi connectivity index (χ4n) is 1.53. The molecule has 84 valence electrons. The van der Waals surface area contributed by atoms with Crippen molar-refractivity contribution in [3.63, 3.8) is 0 Å². The minimum absolute atomic E-state index is 0.774. The maximum Gasteiger partial charge on any atom is 0.500 e. The lowest BCUT2D eigenvalue weighted by molar-refractivity contribution is 0.0463. The molecule has 0 aromatic rings. The average molecular weight is 218 g/mol. The summed E-state index contributed by atoms with van der Waals surface area (Å²) in [5.74, 6) is 0. The van der Waals surface area contributed by atoms with Crippen LogP contribution in [0.3, 0.4) is 0 Å². The van der Waals surface area contributed by atoms with Gasteiger partial charge in [0.1, 0.15) is 0 Å². The summed E-state index contributed by atoms with van der Waals surface area (Å²) < 4.78 is 17.4. The van der Waals surface area contributed by atoms with E-state index >= 15 is 0 Å². The molecule has 0 saturated carbocycles. The van der Waals surface area contributed by atoms with E-state index in [9.17, 15) is 0 Å². The fourth-order valence-corrected chi connectivity index (χ4v) is 4.38. The smallest absolute Gasteiger partial charge is 0.373 e. The van der Waals surface area contributed by atoms with Gasteiger partial charge < -0.3 is 13.3 Å². The van der Waals surface area contributed by atoms with E-state index in [4.69, 9.17) is 13.3 Å². The normalized spacial score (nSPS) is 21.0. The third-order valence-electron chi connectivity index (χ3n) is 2.25. The average Bonchev–Trinajstić information content (AvgIpc) is 2.25. The van der Waals surface area contributed by atoms with Gasteiger partial charge in [-0.3, -0.25) is 0 Å². The van der Waals surface area contributed by atoms with Crippen molar-refractivity contribution in [1.82, 2.24) is 0 Å². The van der Waals surface area contributed by atoms with Gasteiger partial charge >= 0.3 is 8.80 Å². The Balaban J connectivity index is 2.39. The minimum atomic E-state index is -2.22. The molecule has 0 atom stereocenters. The summed E-state index contributed by atoms with van der Waals surface area (Å²) >= 11 is 0. The van der Waals surface area contributed by atoms with E-state index in [1.165, 1.54) is 6.42 Å². The van der Waals surface area contributed by atoms with Gasteiger partial charge in [0.2, 0.25) is 0 Å². The topological polar surface area (TPSA) is 27.7 Å². The molecule has 3 nitrogen and oxygen atoms in total. The van der Waals surface area contributed by atoms with Gasteiger partial charge in [-0.15, -0.1) is 0 Å². The van der Waals surface area contributed by atoms with Crippen molar-refractivity contribution in [2.45, 2.75) is 45.6 Å². The first kappa shape index (κ1) is 12.2. The molecule has 4 heteroatoms. The van der Waals surface area contributed by atoms with Crippen LogP contribution in [0.4, 0.5) is 0 Å². The maximum atomic E-state index is 5.82. The SMILES string of the molecule is CCCO[Si]1(OCCC)CCCCO1. The third kappa shape index (κ3) is 3.69. The van der Waals surface area contributed by atoms with Crippen molar-refractivity contribution in [3.8, 4) is 0 Å². The lowest BCUT2D eigenvalue weighted by atomic mass is 10.4. The minimum Gasteiger partial charge on any atom is -0.373 e. The van der Waals surface area contributed by atoms with Gasteiger partial charge in [0.15, 0.2) is 0 Å². The molecule has 1 saturated heterocycles. The van der Waals surface area contributed by atoms with Crippen molar-refractivity contribution >= 4 is 8.80 Å². The van der Waals surface area contributed by atoms with E-state index in [0.717, 1.165) is 45.1 Å². The Kier molecular flexibility index (Phi) is 5.70. The first-order chi connectivity index (χ1) is 6.83. The molecule has 0 aromatic carbocycles. The van der Waals surface area contributed by atoms with Gasteiger partial charge in [-0.1, -0.05) is 13.8 Å². The van der Waals surface area contributed by atoms with Crippen molar-refractivity contribution < 1.29 is 13.3 Å². The largest absolute Gasteiger partial charge is 0.500 e. The van der Waals surface area contributed by atoms with E-state index in [0.29, 0.717) is 0 Å². The molecule has 1 aliphatic heterocycles. The second-order valence-corrected chi connectivity index (χ2v) is 6.42. The van der Waals surface area contributed by atoms with Gasteiger partial charge in [-0.2, -0.15) is 0 Å². The summed E-state index contributed by atoms with van der Waals surface area (Å²) in [6.07, 6.45) is 4.42. The van der Waals surface area contributed by atoms with Gasteiger partial charge in [0.25, 0.3) is 0 Å². The lowest BCUT2D eigenvalue weighted by Crippen LogP contribution is -2.48. The second kappa shape index (κ2) is 6.56. The number of hydrogen-bond donors (Lipinski definition) is 0. The van der Waals surface area contributed by atoms with Crippen LogP contribution in [-0.4, -0.2) is 28.6 Å². The molecular formula is C10H22O3Si. The quantitative estimate of drug-likeness (QED) is 0.641. The predicted octanol–water partition coefficient (Wildman–Crippen LogP) is 2.59. The molecule has 1 fully saturated rings. The van der Waals surface area contributed by atoms with Crippen LogP contribution in [0, 0.1) is 0 Å². The molecule has 0 amide bonds. The Morgan fingerprint density at radius 2 is 1.71 bits per heavy atom. The predicted molar refractivity (Wildman–Crippen MR) is 58.2 cm³/mol. The number of hydrogen-bond acceptors (Lipinski definition) is 3. The molecule has 0 bridgehead atoms. The highest BCUT2D eigenvalue weighted by Crippen LogP contribution is 2.24. The Labute approximate surface area is 88.1 Å². The van der Waals surface area contributed by atoms with Crippen molar-refractivity contribution in [2.24, 2.45) is 0 Å². The van der Waals surface area contributed by atoms with Crippen LogP contribution in [0.5, 0.6) is 0 Å². The van der Waals surface area contributed by atoms with Gasteiger partial charge in [-0.05, 0) is 25.7 Å². The summed E-state index contributed by atoms with van der Waals surface area (Å²) in [5, 5.41) is 0. The first-order valence-electron chi connectivity index (χ1n) is 5.75. The Morgan fingerprint density at radius 1 is 1.07 bits per heavy atom. The first-order valence-corrected chi connectivity index (χ1v) is 7.68. The number of rotatable bonds is 6. The summed E-state index contributed by atoms with van der Waals surface area (Å²) in [6.45, 7) is 6.60. The molecular weight excluding hydrogens is 196 g/mol. The molecule has 0 radical (unpaired) electrons. The van der Waals surface area contributed by atoms with Crippen LogP contribution in [0.2, 0.25) is 6.04 Å². The van der Waals surface area contributed by atoms with Crippen LogP contribution in [0.1, 0.15) is 39.5 Å². The van der Waals surface area contributed by atoms with Crippen molar-refractivity contribution in [2.75, 3.05) is 19.8 Å². The van der Waals surface area contributed by atoms with Gasteiger partial charge in [-0.25, -0.2) is 0 Å².